The number of rotatable bonds is 3. The molecule has 0 spiro atoms. The maximum atomic E-state index is 5.22. The molecule has 3 nitrogen and oxygen atoms in total. The lowest BCUT2D eigenvalue weighted by Gasteiger charge is -2.21. The second-order valence-electron chi connectivity index (χ2n) is 2.52. The van der Waals surface area contributed by atoms with Gasteiger partial charge in [0.05, 0.1) is 12.6 Å². The molecular weight excluding hydrogens is 142 g/mol. The molecule has 0 amide bonds. The molecule has 1 rings (SSSR count). The SMILES string of the molecule is C#CCONC1CCCOC1. The zero-order chi connectivity index (χ0) is 7.94. The van der Waals surface area contributed by atoms with Crippen LogP contribution in [-0.4, -0.2) is 25.9 Å². The molecule has 1 aliphatic rings. The Balaban J connectivity index is 2.01. The third kappa shape index (κ3) is 3.38. The van der Waals surface area contributed by atoms with E-state index in [0.717, 1.165) is 26.1 Å². The van der Waals surface area contributed by atoms with Gasteiger partial charge in [0.2, 0.25) is 0 Å². The van der Waals surface area contributed by atoms with Gasteiger partial charge >= 0.3 is 0 Å². The minimum atomic E-state index is 0.316. The minimum absolute atomic E-state index is 0.316. The van der Waals surface area contributed by atoms with Crippen molar-refractivity contribution in [3.63, 3.8) is 0 Å². The van der Waals surface area contributed by atoms with Crippen molar-refractivity contribution in [1.82, 2.24) is 5.48 Å². The molecule has 0 aliphatic carbocycles. The average molecular weight is 155 g/mol. The molecule has 1 N–H and O–H groups in total. The number of hydroxylamine groups is 1. The van der Waals surface area contributed by atoms with Crippen molar-refractivity contribution >= 4 is 0 Å². The number of hydrogen-bond donors (Lipinski definition) is 1. The lowest BCUT2D eigenvalue weighted by atomic mass is 10.1. The number of nitrogens with one attached hydrogen (secondary N) is 1. The molecule has 0 saturated carbocycles. The van der Waals surface area contributed by atoms with Gasteiger partial charge in [-0.3, -0.25) is 4.84 Å². The van der Waals surface area contributed by atoms with Crippen molar-refractivity contribution in [2.24, 2.45) is 0 Å². The zero-order valence-electron chi connectivity index (χ0n) is 6.51. The first-order valence-electron chi connectivity index (χ1n) is 3.82. The molecule has 0 bridgehead atoms. The highest BCUT2D eigenvalue weighted by Crippen LogP contribution is 2.04. The Kier molecular flexibility index (Phi) is 3.99. The van der Waals surface area contributed by atoms with Crippen LogP contribution in [0.25, 0.3) is 0 Å². The fraction of sp³-hybridized carbons (Fsp3) is 0.750. The molecule has 0 aromatic carbocycles. The maximum Gasteiger partial charge on any atom is 0.128 e. The number of terminal acetylenes is 1. The predicted octanol–water partition coefficient (Wildman–Crippen LogP) is 0.320. The molecule has 1 fully saturated rings. The van der Waals surface area contributed by atoms with E-state index in [4.69, 9.17) is 16.0 Å². The lowest BCUT2D eigenvalue weighted by molar-refractivity contribution is -0.0200. The van der Waals surface area contributed by atoms with Gasteiger partial charge in [0.25, 0.3) is 0 Å². The summed E-state index contributed by atoms with van der Waals surface area (Å²) in [5.41, 5.74) is 2.86. The van der Waals surface area contributed by atoms with Crippen LogP contribution < -0.4 is 5.48 Å². The molecule has 0 aromatic rings. The second-order valence-corrected chi connectivity index (χ2v) is 2.52. The van der Waals surface area contributed by atoms with E-state index in [1.165, 1.54) is 0 Å². The quantitative estimate of drug-likeness (QED) is 0.362. The van der Waals surface area contributed by atoms with Crippen LogP contribution in [0.15, 0.2) is 0 Å². The number of hydrogen-bond acceptors (Lipinski definition) is 3. The van der Waals surface area contributed by atoms with Gasteiger partial charge in [0.1, 0.15) is 6.61 Å². The summed E-state index contributed by atoms with van der Waals surface area (Å²) in [5, 5.41) is 0. The van der Waals surface area contributed by atoms with Crippen LogP contribution in [0.4, 0.5) is 0 Å². The first kappa shape index (κ1) is 8.54. The highest BCUT2D eigenvalue weighted by Gasteiger charge is 2.12. The Labute approximate surface area is 67.0 Å². The van der Waals surface area contributed by atoms with Gasteiger partial charge in [-0.15, -0.1) is 6.42 Å². The van der Waals surface area contributed by atoms with Crippen LogP contribution in [0.2, 0.25) is 0 Å². The Morgan fingerprint density at radius 2 is 2.64 bits per heavy atom. The Morgan fingerprint density at radius 1 is 1.73 bits per heavy atom. The van der Waals surface area contributed by atoms with E-state index in [2.05, 4.69) is 11.4 Å². The molecule has 11 heavy (non-hydrogen) atoms. The van der Waals surface area contributed by atoms with Crippen molar-refractivity contribution in [2.75, 3.05) is 19.8 Å². The summed E-state index contributed by atoms with van der Waals surface area (Å²) >= 11 is 0. The summed E-state index contributed by atoms with van der Waals surface area (Å²) in [6, 6.07) is 0.317. The van der Waals surface area contributed by atoms with E-state index in [1.54, 1.807) is 0 Å². The molecule has 1 aliphatic heterocycles. The highest BCUT2D eigenvalue weighted by molar-refractivity contribution is 4.82. The van der Waals surface area contributed by atoms with E-state index in [0.29, 0.717) is 12.6 Å². The van der Waals surface area contributed by atoms with Crippen molar-refractivity contribution in [3.8, 4) is 12.3 Å². The van der Waals surface area contributed by atoms with E-state index in [9.17, 15) is 0 Å². The second kappa shape index (κ2) is 5.14. The van der Waals surface area contributed by atoms with Gasteiger partial charge in [-0.25, -0.2) is 0 Å². The summed E-state index contributed by atoms with van der Waals surface area (Å²) in [6.07, 6.45) is 7.19. The molecule has 1 saturated heterocycles. The van der Waals surface area contributed by atoms with Crippen molar-refractivity contribution < 1.29 is 9.57 Å². The third-order valence-corrected chi connectivity index (χ3v) is 1.57. The Morgan fingerprint density at radius 3 is 3.27 bits per heavy atom. The fourth-order valence-electron chi connectivity index (χ4n) is 1.03. The average Bonchev–Trinajstić information content (AvgIpc) is 2.07. The van der Waals surface area contributed by atoms with Crippen molar-refractivity contribution in [2.45, 2.75) is 18.9 Å². The molecular formula is C8H13NO2. The Hall–Kier alpha value is -0.560. The van der Waals surface area contributed by atoms with E-state index in [-0.39, 0.29) is 0 Å². The smallest absolute Gasteiger partial charge is 0.128 e. The molecule has 1 atom stereocenters. The minimum Gasteiger partial charge on any atom is -0.380 e. The first-order chi connectivity index (χ1) is 5.43. The molecule has 0 aromatic heterocycles. The third-order valence-electron chi connectivity index (χ3n) is 1.57. The van der Waals surface area contributed by atoms with Crippen LogP contribution in [-0.2, 0) is 9.57 Å². The van der Waals surface area contributed by atoms with Gasteiger partial charge in [-0.05, 0) is 12.8 Å². The normalized spacial score (nSPS) is 24.5. The van der Waals surface area contributed by atoms with Crippen LogP contribution in [0, 0.1) is 12.3 Å². The summed E-state index contributed by atoms with van der Waals surface area (Å²) in [6.45, 7) is 1.91. The topological polar surface area (TPSA) is 30.5 Å². The zero-order valence-corrected chi connectivity index (χ0v) is 6.51. The van der Waals surface area contributed by atoms with Crippen LogP contribution in [0.3, 0.4) is 0 Å². The van der Waals surface area contributed by atoms with Crippen molar-refractivity contribution in [1.29, 1.82) is 0 Å². The Bertz CT molecular complexity index is 136. The molecule has 1 heterocycles. The molecule has 62 valence electrons. The van der Waals surface area contributed by atoms with Crippen LogP contribution in [0.1, 0.15) is 12.8 Å². The van der Waals surface area contributed by atoms with E-state index < -0.39 is 0 Å². The number of ether oxygens (including phenoxy) is 1. The predicted molar refractivity (Wildman–Crippen MR) is 41.8 cm³/mol. The van der Waals surface area contributed by atoms with Crippen LogP contribution in [0.5, 0.6) is 0 Å². The van der Waals surface area contributed by atoms with Crippen molar-refractivity contribution in [3.05, 3.63) is 0 Å². The lowest BCUT2D eigenvalue weighted by Crippen LogP contribution is -2.36. The van der Waals surface area contributed by atoms with Gasteiger partial charge < -0.3 is 4.74 Å². The van der Waals surface area contributed by atoms with Gasteiger partial charge in [0.15, 0.2) is 0 Å². The van der Waals surface area contributed by atoms with Crippen LogP contribution >= 0.6 is 0 Å². The van der Waals surface area contributed by atoms with Gasteiger partial charge in [0, 0.05) is 6.61 Å². The van der Waals surface area contributed by atoms with E-state index >= 15 is 0 Å². The maximum absolute atomic E-state index is 5.22. The standard InChI is InChI=1S/C8H13NO2/c1-2-5-11-9-8-4-3-6-10-7-8/h1,8-9H,3-7H2. The van der Waals surface area contributed by atoms with Gasteiger partial charge in [-0.1, -0.05) is 5.92 Å². The fourth-order valence-corrected chi connectivity index (χ4v) is 1.03. The van der Waals surface area contributed by atoms with Gasteiger partial charge in [-0.2, -0.15) is 5.48 Å². The highest BCUT2D eigenvalue weighted by atomic mass is 16.6. The molecule has 3 heteroatoms. The first-order valence-corrected chi connectivity index (χ1v) is 3.82. The monoisotopic (exact) mass is 155 g/mol. The summed E-state index contributed by atoms with van der Waals surface area (Å²) in [4.78, 5) is 4.96. The van der Waals surface area contributed by atoms with E-state index in [1.807, 2.05) is 0 Å². The largest absolute Gasteiger partial charge is 0.380 e. The molecule has 0 radical (unpaired) electrons. The molecule has 1 unspecified atom stereocenters. The summed E-state index contributed by atoms with van der Waals surface area (Å²) in [7, 11) is 0. The summed E-state index contributed by atoms with van der Waals surface area (Å²) in [5.74, 6) is 2.38. The summed E-state index contributed by atoms with van der Waals surface area (Å²) < 4.78 is 5.22.